The van der Waals surface area contributed by atoms with E-state index >= 15 is 0 Å². The molecular weight excluding hydrogens is 294 g/mol. The number of likely N-dealkylation sites (N-methyl/N-ethyl adjacent to an activating group) is 1. The Balaban J connectivity index is 1.90. The molecule has 0 radical (unpaired) electrons. The molecule has 0 bridgehead atoms. The van der Waals surface area contributed by atoms with E-state index in [1.165, 1.54) is 12.1 Å². The van der Waals surface area contributed by atoms with Gasteiger partial charge in [-0.2, -0.15) is 0 Å². The number of anilines is 1. The van der Waals surface area contributed by atoms with E-state index in [4.69, 9.17) is 16.7 Å². The maximum Gasteiger partial charge on any atom is 0.337 e. The standard InChI is InChI=1S/C14H18ClN3O3/c1-18-6-2-3-10(18)8-16-14(21)17-9-4-5-12(15)11(7-9)13(19)20/h4-5,7,10H,2-3,6,8H2,1H3,(H,19,20)(H2,16,17,21). The molecule has 2 rings (SSSR count). The summed E-state index contributed by atoms with van der Waals surface area (Å²) in [7, 11) is 2.04. The van der Waals surface area contributed by atoms with Gasteiger partial charge >= 0.3 is 12.0 Å². The number of benzene rings is 1. The Morgan fingerprint density at radius 1 is 1.48 bits per heavy atom. The van der Waals surface area contributed by atoms with Gasteiger partial charge in [0, 0.05) is 18.3 Å². The van der Waals surface area contributed by atoms with Crippen LogP contribution in [0.2, 0.25) is 5.02 Å². The molecule has 1 atom stereocenters. The van der Waals surface area contributed by atoms with Gasteiger partial charge < -0.3 is 20.6 Å². The van der Waals surface area contributed by atoms with Crippen molar-refractivity contribution in [2.75, 3.05) is 25.5 Å². The van der Waals surface area contributed by atoms with Crippen LogP contribution in [0, 0.1) is 0 Å². The minimum absolute atomic E-state index is 0.0370. The fraction of sp³-hybridized carbons (Fsp3) is 0.429. The molecule has 0 saturated carbocycles. The minimum atomic E-state index is -1.13. The molecular formula is C14H18ClN3O3. The van der Waals surface area contributed by atoms with Gasteiger partial charge in [-0.25, -0.2) is 9.59 Å². The van der Waals surface area contributed by atoms with Crippen molar-refractivity contribution >= 4 is 29.3 Å². The molecule has 1 aromatic carbocycles. The molecule has 7 heteroatoms. The number of halogens is 1. The molecule has 3 N–H and O–H groups in total. The van der Waals surface area contributed by atoms with Crippen LogP contribution in [0.1, 0.15) is 23.2 Å². The van der Waals surface area contributed by atoms with Crippen molar-refractivity contribution < 1.29 is 14.7 Å². The average Bonchev–Trinajstić information content (AvgIpc) is 2.84. The molecule has 1 heterocycles. The third kappa shape index (κ3) is 4.09. The van der Waals surface area contributed by atoms with Gasteiger partial charge in [0.1, 0.15) is 0 Å². The Kier molecular flexibility index (Phi) is 5.03. The van der Waals surface area contributed by atoms with Crippen molar-refractivity contribution in [1.29, 1.82) is 0 Å². The first-order valence-electron chi connectivity index (χ1n) is 6.75. The summed E-state index contributed by atoms with van der Waals surface area (Å²) in [5.41, 5.74) is 0.360. The van der Waals surface area contributed by atoms with Crippen molar-refractivity contribution in [2.24, 2.45) is 0 Å². The largest absolute Gasteiger partial charge is 0.478 e. The summed E-state index contributed by atoms with van der Waals surface area (Å²) in [6.07, 6.45) is 2.21. The molecule has 114 valence electrons. The summed E-state index contributed by atoms with van der Waals surface area (Å²) < 4.78 is 0. The van der Waals surface area contributed by atoms with E-state index in [9.17, 15) is 9.59 Å². The van der Waals surface area contributed by atoms with Crippen LogP contribution in [0.15, 0.2) is 18.2 Å². The van der Waals surface area contributed by atoms with Gasteiger partial charge in [0.05, 0.1) is 10.6 Å². The van der Waals surface area contributed by atoms with E-state index < -0.39 is 5.97 Å². The lowest BCUT2D eigenvalue weighted by molar-refractivity contribution is 0.0697. The topological polar surface area (TPSA) is 81.7 Å². The van der Waals surface area contributed by atoms with Gasteiger partial charge in [-0.15, -0.1) is 0 Å². The highest BCUT2D eigenvalue weighted by Crippen LogP contribution is 2.20. The number of carbonyl (C=O) groups is 2. The molecule has 1 aliphatic rings. The van der Waals surface area contributed by atoms with E-state index in [0.29, 0.717) is 18.3 Å². The number of hydrogen-bond donors (Lipinski definition) is 3. The first-order valence-corrected chi connectivity index (χ1v) is 7.13. The van der Waals surface area contributed by atoms with Crippen LogP contribution in [-0.4, -0.2) is 48.2 Å². The van der Waals surface area contributed by atoms with E-state index in [1.807, 2.05) is 7.05 Å². The van der Waals surface area contributed by atoms with Crippen molar-refractivity contribution in [3.63, 3.8) is 0 Å². The fourth-order valence-electron chi connectivity index (χ4n) is 2.39. The van der Waals surface area contributed by atoms with Gasteiger partial charge in [0.15, 0.2) is 0 Å². The highest BCUT2D eigenvalue weighted by Gasteiger charge is 2.21. The maximum absolute atomic E-state index is 11.8. The number of carboxylic acids is 1. The molecule has 0 aromatic heterocycles. The highest BCUT2D eigenvalue weighted by molar-refractivity contribution is 6.33. The Bertz CT molecular complexity index is 550. The van der Waals surface area contributed by atoms with Crippen LogP contribution < -0.4 is 10.6 Å². The van der Waals surface area contributed by atoms with Gasteiger partial charge in [-0.3, -0.25) is 0 Å². The normalized spacial score (nSPS) is 18.5. The first kappa shape index (κ1) is 15.6. The molecule has 1 aliphatic heterocycles. The third-order valence-corrected chi connectivity index (χ3v) is 3.95. The number of rotatable bonds is 4. The second-order valence-corrected chi connectivity index (χ2v) is 5.52. The molecule has 1 unspecified atom stereocenters. The lowest BCUT2D eigenvalue weighted by Crippen LogP contribution is -2.40. The van der Waals surface area contributed by atoms with E-state index in [-0.39, 0.29) is 16.6 Å². The Morgan fingerprint density at radius 2 is 2.24 bits per heavy atom. The maximum atomic E-state index is 11.8. The number of nitrogens with zero attached hydrogens (tertiary/aromatic N) is 1. The molecule has 1 fully saturated rings. The molecule has 0 spiro atoms. The zero-order valence-corrected chi connectivity index (χ0v) is 12.5. The Morgan fingerprint density at radius 3 is 2.86 bits per heavy atom. The fourth-order valence-corrected chi connectivity index (χ4v) is 2.59. The second kappa shape index (κ2) is 6.78. The van der Waals surface area contributed by atoms with Gasteiger partial charge in [-0.1, -0.05) is 11.6 Å². The van der Waals surface area contributed by atoms with Gasteiger partial charge in [0.2, 0.25) is 0 Å². The summed E-state index contributed by atoms with van der Waals surface area (Å²) in [6.45, 7) is 1.62. The summed E-state index contributed by atoms with van der Waals surface area (Å²) in [6, 6.07) is 4.36. The van der Waals surface area contributed by atoms with E-state index in [1.54, 1.807) is 6.07 Å². The average molecular weight is 312 g/mol. The van der Waals surface area contributed by atoms with Crippen LogP contribution in [0.25, 0.3) is 0 Å². The Labute approximate surface area is 128 Å². The lowest BCUT2D eigenvalue weighted by atomic mass is 10.2. The number of hydrogen-bond acceptors (Lipinski definition) is 3. The quantitative estimate of drug-likeness (QED) is 0.796. The van der Waals surface area contributed by atoms with Gasteiger partial charge in [0.25, 0.3) is 0 Å². The number of carboxylic acid groups (broad SMARTS) is 1. The molecule has 2 amide bonds. The Hall–Kier alpha value is -1.79. The monoisotopic (exact) mass is 311 g/mol. The molecule has 21 heavy (non-hydrogen) atoms. The summed E-state index contributed by atoms with van der Waals surface area (Å²) in [4.78, 5) is 25.0. The van der Waals surface area contributed by atoms with Crippen molar-refractivity contribution in [2.45, 2.75) is 18.9 Å². The minimum Gasteiger partial charge on any atom is -0.478 e. The third-order valence-electron chi connectivity index (χ3n) is 3.62. The second-order valence-electron chi connectivity index (χ2n) is 5.11. The predicted octanol–water partition coefficient (Wildman–Crippen LogP) is 2.25. The number of carbonyl (C=O) groups excluding carboxylic acids is 1. The van der Waals surface area contributed by atoms with Gasteiger partial charge in [-0.05, 0) is 44.6 Å². The zero-order chi connectivity index (χ0) is 15.4. The molecule has 1 aromatic rings. The van der Waals surface area contributed by atoms with Crippen LogP contribution in [0.3, 0.4) is 0 Å². The number of nitrogens with one attached hydrogen (secondary N) is 2. The smallest absolute Gasteiger partial charge is 0.337 e. The molecule has 1 saturated heterocycles. The van der Waals surface area contributed by atoms with Crippen molar-refractivity contribution in [3.05, 3.63) is 28.8 Å². The van der Waals surface area contributed by atoms with Crippen molar-refractivity contribution in [1.82, 2.24) is 10.2 Å². The van der Waals surface area contributed by atoms with Crippen molar-refractivity contribution in [3.8, 4) is 0 Å². The SMILES string of the molecule is CN1CCCC1CNC(=O)Nc1ccc(Cl)c(C(=O)O)c1. The van der Waals surface area contributed by atoms with Crippen LogP contribution >= 0.6 is 11.6 Å². The number of urea groups is 1. The first-order chi connectivity index (χ1) is 9.97. The number of amides is 2. The number of likely N-dealkylation sites (tertiary alicyclic amines) is 1. The van der Waals surface area contributed by atoms with Crippen LogP contribution in [0.4, 0.5) is 10.5 Å². The predicted molar refractivity (Wildman–Crippen MR) is 81.1 cm³/mol. The van der Waals surface area contributed by atoms with E-state index in [2.05, 4.69) is 15.5 Å². The number of aromatic carboxylic acids is 1. The summed E-state index contributed by atoms with van der Waals surface area (Å²) in [5.74, 6) is -1.13. The van der Waals surface area contributed by atoms with Crippen LogP contribution in [-0.2, 0) is 0 Å². The molecule has 6 nitrogen and oxygen atoms in total. The van der Waals surface area contributed by atoms with E-state index in [0.717, 1.165) is 19.4 Å². The highest BCUT2D eigenvalue weighted by atomic mass is 35.5. The van der Waals surface area contributed by atoms with Crippen LogP contribution in [0.5, 0.6) is 0 Å². The molecule has 0 aliphatic carbocycles. The lowest BCUT2D eigenvalue weighted by Gasteiger charge is -2.19. The summed E-state index contributed by atoms with van der Waals surface area (Å²) in [5, 5.41) is 14.5. The zero-order valence-electron chi connectivity index (χ0n) is 11.7. The summed E-state index contributed by atoms with van der Waals surface area (Å²) >= 11 is 5.78.